The normalized spacial score (nSPS) is 13.3. The smallest absolute Gasteiger partial charge is 0.251 e. The maximum Gasteiger partial charge on any atom is 0.251 e. The highest BCUT2D eigenvalue weighted by atomic mass is 79.9. The van der Waals surface area contributed by atoms with Crippen LogP contribution in [0.1, 0.15) is 32.1 Å². The lowest BCUT2D eigenvalue weighted by Gasteiger charge is -2.04. The number of halogens is 2. The molecule has 5 heteroatoms. The fraction of sp³-hybridized carbons (Fsp3) is 0.267. The summed E-state index contributed by atoms with van der Waals surface area (Å²) in [7, 11) is 0. The minimum atomic E-state index is -0.365. The summed E-state index contributed by atoms with van der Waals surface area (Å²) >= 11 is 4.87. The largest absolute Gasteiger partial charge is 0.347 e. The van der Waals surface area contributed by atoms with Gasteiger partial charge in [-0.3, -0.25) is 4.79 Å². The fourth-order valence-electron chi connectivity index (χ4n) is 2.38. The number of carbonyl (C=O) groups excluding carboxylic acids is 1. The predicted octanol–water partition coefficient (Wildman–Crippen LogP) is 4.07. The van der Waals surface area contributed by atoms with E-state index in [4.69, 9.17) is 0 Å². The van der Waals surface area contributed by atoms with Crippen LogP contribution in [0.3, 0.4) is 0 Å². The van der Waals surface area contributed by atoms with Crippen LogP contribution in [0.2, 0.25) is 0 Å². The average Bonchev–Trinajstić information content (AvgIpc) is 3.00. The van der Waals surface area contributed by atoms with Crippen LogP contribution >= 0.6 is 27.3 Å². The van der Waals surface area contributed by atoms with Crippen molar-refractivity contribution in [3.05, 3.63) is 55.4 Å². The molecular weight excluding hydrogens is 341 g/mol. The first-order valence-corrected chi connectivity index (χ1v) is 8.08. The van der Waals surface area contributed by atoms with Crippen LogP contribution in [-0.2, 0) is 19.4 Å². The highest BCUT2D eigenvalue weighted by molar-refractivity contribution is 9.10. The first-order valence-electron chi connectivity index (χ1n) is 6.47. The number of rotatable bonds is 3. The summed E-state index contributed by atoms with van der Waals surface area (Å²) < 4.78 is 13.4. The topological polar surface area (TPSA) is 29.1 Å². The molecule has 2 aromatic rings. The molecule has 1 amide bonds. The van der Waals surface area contributed by atoms with E-state index in [-0.39, 0.29) is 11.7 Å². The van der Waals surface area contributed by atoms with Gasteiger partial charge in [-0.25, -0.2) is 4.39 Å². The molecule has 0 unspecified atom stereocenters. The Hall–Kier alpha value is -1.20. The van der Waals surface area contributed by atoms with E-state index in [1.807, 2.05) is 0 Å². The van der Waals surface area contributed by atoms with Crippen LogP contribution in [0.25, 0.3) is 0 Å². The molecular formula is C15H13BrFNOS. The number of thiophene rings is 1. The van der Waals surface area contributed by atoms with E-state index in [1.165, 1.54) is 46.4 Å². The molecule has 1 aliphatic carbocycles. The lowest BCUT2D eigenvalue weighted by Crippen LogP contribution is -2.22. The van der Waals surface area contributed by atoms with Gasteiger partial charge in [-0.1, -0.05) is 0 Å². The van der Waals surface area contributed by atoms with E-state index in [0.29, 0.717) is 16.6 Å². The second-order valence-corrected chi connectivity index (χ2v) is 6.90. The van der Waals surface area contributed by atoms with E-state index in [1.54, 1.807) is 11.3 Å². The van der Waals surface area contributed by atoms with Gasteiger partial charge in [0.15, 0.2) is 0 Å². The Balaban J connectivity index is 1.65. The summed E-state index contributed by atoms with van der Waals surface area (Å²) in [5.41, 5.74) is 1.89. The monoisotopic (exact) mass is 353 g/mol. The summed E-state index contributed by atoms with van der Waals surface area (Å²) in [5.74, 6) is -0.546. The second-order valence-electron chi connectivity index (χ2n) is 4.83. The van der Waals surface area contributed by atoms with Gasteiger partial charge in [-0.05, 0) is 65.0 Å². The van der Waals surface area contributed by atoms with E-state index in [0.717, 1.165) is 6.42 Å². The van der Waals surface area contributed by atoms with Gasteiger partial charge in [0.2, 0.25) is 0 Å². The lowest BCUT2D eigenvalue weighted by molar-refractivity contribution is 0.0951. The third-order valence-electron chi connectivity index (χ3n) is 3.40. The van der Waals surface area contributed by atoms with Gasteiger partial charge in [0.25, 0.3) is 5.91 Å². The van der Waals surface area contributed by atoms with Gasteiger partial charge < -0.3 is 5.32 Å². The third-order valence-corrected chi connectivity index (χ3v) is 5.25. The molecule has 3 rings (SSSR count). The van der Waals surface area contributed by atoms with Crippen molar-refractivity contribution in [2.45, 2.75) is 25.8 Å². The molecule has 0 fully saturated rings. The van der Waals surface area contributed by atoms with Crippen molar-refractivity contribution in [3.8, 4) is 0 Å². The SMILES string of the molecule is O=C(NCc1cc2c(s1)CCC2)c1ccc(F)c(Br)c1. The first-order chi connectivity index (χ1) is 9.63. The zero-order valence-corrected chi connectivity index (χ0v) is 13.1. The lowest BCUT2D eigenvalue weighted by atomic mass is 10.2. The predicted molar refractivity (Wildman–Crippen MR) is 81.6 cm³/mol. The van der Waals surface area contributed by atoms with Crippen molar-refractivity contribution in [2.24, 2.45) is 0 Å². The van der Waals surface area contributed by atoms with Crippen molar-refractivity contribution < 1.29 is 9.18 Å². The van der Waals surface area contributed by atoms with Crippen molar-refractivity contribution in [3.63, 3.8) is 0 Å². The van der Waals surface area contributed by atoms with Crippen molar-refractivity contribution in [2.75, 3.05) is 0 Å². The summed E-state index contributed by atoms with van der Waals surface area (Å²) in [6, 6.07) is 6.47. The van der Waals surface area contributed by atoms with E-state index in [2.05, 4.69) is 27.3 Å². The molecule has 2 nitrogen and oxygen atoms in total. The van der Waals surface area contributed by atoms with Gasteiger partial charge in [0.05, 0.1) is 11.0 Å². The highest BCUT2D eigenvalue weighted by Crippen LogP contribution is 2.30. The Morgan fingerprint density at radius 2 is 2.20 bits per heavy atom. The third kappa shape index (κ3) is 2.79. The van der Waals surface area contributed by atoms with Gasteiger partial charge in [-0.2, -0.15) is 0 Å². The van der Waals surface area contributed by atoms with Crippen LogP contribution in [0.5, 0.6) is 0 Å². The van der Waals surface area contributed by atoms with Gasteiger partial charge >= 0.3 is 0 Å². The molecule has 0 radical (unpaired) electrons. The number of hydrogen-bond acceptors (Lipinski definition) is 2. The first kappa shape index (κ1) is 13.8. The summed E-state index contributed by atoms with van der Waals surface area (Å²) in [6.45, 7) is 0.533. The number of nitrogens with one attached hydrogen (secondary N) is 1. The summed E-state index contributed by atoms with van der Waals surface area (Å²) in [4.78, 5) is 14.6. The number of aryl methyl sites for hydroxylation is 2. The van der Waals surface area contributed by atoms with Crippen LogP contribution in [0, 0.1) is 5.82 Å². The zero-order chi connectivity index (χ0) is 14.1. The second kappa shape index (κ2) is 5.66. The van der Waals surface area contributed by atoms with Crippen LogP contribution in [0.15, 0.2) is 28.7 Å². The minimum Gasteiger partial charge on any atom is -0.347 e. The molecule has 1 N–H and O–H groups in total. The van der Waals surface area contributed by atoms with Crippen LogP contribution in [-0.4, -0.2) is 5.91 Å². The van der Waals surface area contributed by atoms with E-state index < -0.39 is 0 Å². The molecule has 1 heterocycles. The zero-order valence-electron chi connectivity index (χ0n) is 10.7. The van der Waals surface area contributed by atoms with E-state index >= 15 is 0 Å². The minimum absolute atomic E-state index is 0.181. The Morgan fingerprint density at radius 1 is 1.35 bits per heavy atom. The number of benzene rings is 1. The fourth-order valence-corrected chi connectivity index (χ4v) is 3.96. The maximum atomic E-state index is 13.1. The quantitative estimate of drug-likeness (QED) is 0.885. The molecule has 0 saturated carbocycles. The van der Waals surface area contributed by atoms with Gasteiger partial charge in [-0.15, -0.1) is 11.3 Å². The molecule has 0 saturated heterocycles. The Labute approximate surface area is 129 Å². The Bertz CT molecular complexity index is 646. The molecule has 104 valence electrons. The van der Waals surface area contributed by atoms with Crippen molar-refractivity contribution in [1.29, 1.82) is 0 Å². The number of amides is 1. The van der Waals surface area contributed by atoms with Crippen LogP contribution in [0.4, 0.5) is 4.39 Å². The number of carbonyl (C=O) groups is 1. The number of fused-ring (bicyclic) bond motifs is 1. The van der Waals surface area contributed by atoms with Gasteiger partial charge in [0, 0.05) is 15.3 Å². The molecule has 1 aromatic heterocycles. The molecule has 1 aromatic carbocycles. The average molecular weight is 354 g/mol. The summed E-state index contributed by atoms with van der Waals surface area (Å²) in [5, 5.41) is 2.88. The molecule has 0 atom stereocenters. The van der Waals surface area contributed by atoms with Crippen molar-refractivity contribution in [1.82, 2.24) is 5.32 Å². The maximum absolute atomic E-state index is 13.1. The Morgan fingerprint density at radius 3 is 2.95 bits per heavy atom. The van der Waals surface area contributed by atoms with Crippen LogP contribution < -0.4 is 5.32 Å². The van der Waals surface area contributed by atoms with Crippen molar-refractivity contribution >= 4 is 33.2 Å². The molecule has 20 heavy (non-hydrogen) atoms. The number of hydrogen-bond donors (Lipinski definition) is 1. The molecule has 1 aliphatic rings. The van der Waals surface area contributed by atoms with E-state index in [9.17, 15) is 9.18 Å². The molecule has 0 bridgehead atoms. The standard InChI is InChI=1S/C15H13BrFNOS/c16-12-7-10(4-5-13(12)17)15(19)18-8-11-6-9-2-1-3-14(9)20-11/h4-7H,1-3,8H2,(H,18,19). The molecule has 0 aliphatic heterocycles. The summed E-state index contributed by atoms with van der Waals surface area (Å²) in [6.07, 6.45) is 3.57. The Kier molecular flexibility index (Phi) is 3.89. The highest BCUT2D eigenvalue weighted by Gasteiger charge is 2.15. The van der Waals surface area contributed by atoms with Gasteiger partial charge in [0.1, 0.15) is 5.82 Å². The molecule has 0 spiro atoms.